The standard InChI is InChI=1S/C17H23FN2O5S/c1-19-6-2-3-14(12-19)25-17(21)13-4-5-15(18)16(11-13)26(22,23)20-7-9-24-10-8-20/h4-5,11,14H,2-3,6-10,12H2,1H3. The molecule has 26 heavy (non-hydrogen) atoms. The summed E-state index contributed by atoms with van der Waals surface area (Å²) in [5.41, 5.74) is 0.0338. The maximum atomic E-state index is 14.2. The van der Waals surface area contributed by atoms with Crippen molar-refractivity contribution in [2.45, 2.75) is 23.8 Å². The lowest BCUT2D eigenvalue weighted by molar-refractivity contribution is 0.0108. The Kier molecular flexibility index (Phi) is 5.91. The third-order valence-corrected chi connectivity index (χ3v) is 6.52. The van der Waals surface area contributed by atoms with Crippen LogP contribution in [0.2, 0.25) is 0 Å². The van der Waals surface area contributed by atoms with Gasteiger partial charge < -0.3 is 14.4 Å². The molecule has 144 valence electrons. The lowest BCUT2D eigenvalue weighted by atomic mass is 10.1. The van der Waals surface area contributed by atoms with Crippen molar-refractivity contribution in [3.05, 3.63) is 29.6 Å². The van der Waals surface area contributed by atoms with Crippen LogP contribution in [0.4, 0.5) is 4.39 Å². The van der Waals surface area contributed by atoms with Crippen molar-refractivity contribution in [1.82, 2.24) is 9.21 Å². The van der Waals surface area contributed by atoms with Gasteiger partial charge in [0.2, 0.25) is 10.0 Å². The van der Waals surface area contributed by atoms with Crippen LogP contribution in [0.1, 0.15) is 23.2 Å². The lowest BCUT2D eigenvalue weighted by Crippen LogP contribution is -2.41. The fourth-order valence-corrected chi connectivity index (χ4v) is 4.69. The molecule has 0 amide bonds. The van der Waals surface area contributed by atoms with Gasteiger partial charge in [-0.3, -0.25) is 0 Å². The van der Waals surface area contributed by atoms with Crippen LogP contribution in [-0.4, -0.2) is 76.1 Å². The normalized spacial score (nSPS) is 22.9. The molecule has 1 unspecified atom stereocenters. The highest BCUT2D eigenvalue weighted by molar-refractivity contribution is 7.89. The highest BCUT2D eigenvalue weighted by Gasteiger charge is 2.30. The van der Waals surface area contributed by atoms with Crippen molar-refractivity contribution in [2.24, 2.45) is 0 Å². The zero-order chi connectivity index (χ0) is 18.7. The van der Waals surface area contributed by atoms with E-state index in [9.17, 15) is 17.6 Å². The second-order valence-electron chi connectivity index (χ2n) is 6.59. The summed E-state index contributed by atoms with van der Waals surface area (Å²) in [6, 6.07) is 3.31. The molecule has 0 radical (unpaired) electrons. The van der Waals surface area contributed by atoms with E-state index in [1.165, 1.54) is 10.4 Å². The van der Waals surface area contributed by atoms with Gasteiger partial charge in [-0.25, -0.2) is 17.6 Å². The largest absolute Gasteiger partial charge is 0.457 e. The number of rotatable bonds is 4. The van der Waals surface area contributed by atoms with Crippen molar-refractivity contribution in [3.8, 4) is 0 Å². The minimum Gasteiger partial charge on any atom is -0.457 e. The third-order valence-electron chi connectivity index (χ3n) is 4.61. The number of benzene rings is 1. The van der Waals surface area contributed by atoms with Crippen molar-refractivity contribution < 1.29 is 27.1 Å². The summed E-state index contributed by atoms with van der Waals surface area (Å²) < 4.78 is 51.3. The lowest BCUT2D eigenvalue weighted by Gasteiger charge is -2.29. The van der Waals surface area contributed by atoms with Crippen molar-refractivity contribution in [1.29, 1.82) is 0 Å². The number of hydrogen-bond acceptors (Lipinski definition) is 6. The molecular formula is C17H23FN2O5S. The molecule has 2 saturated heterocycles. The molecule has 0 N–H and O–H groups in total. The Bertz CT molecular complexity index is 764. The highest BCUT2D eigenvalue weighted by Crippen LogP contribution is 2.23. The maximum absolute atomic E-state index is 14.2. The maximum Gasteiger partial charge on any atom is 0.338 e. The average molecular weight is 386 g/mol. The summed E-state index contributed by atoms with van der Waals surface area (Å²) in [5.74, 6) is -1.52. The van der Waals surface area contributed by atoms with Crippen molar-refractivity contribution in [2.75, 3.05) is 46.4 Å². The first-order valence-corrected chi connectivity index (χ1v) is 10.1. The average Bonchev–Trinajstić information content (AvgIpc) is 2.62. The van der Waals surface area contributed by atoms with Gasteiger partial charge in [-0.2, -0.15) is 4.31 Å². The van der Waals surface area contributed by atoms with E-state index < -0.39 is 26.7 Å². The Labute approximate surface area is 152 Å². The fraction of sp³-hybridized carbons (Fsp3) is 0.588. The molecule has 2 fully saturated rings. The molecule has 3 rings (SSSR count). The van der Waals surface area contributed by atoms with Gasteiger partial charge in [-0.1, -0.05) is 0 Å². The Balaban J connectivity index is 1.79. The Morgan fingerprint density at radius 3 is 2.69 bits per heavy atom. The smallest absolute Gasteiger partial charge is 0.338 e. The molecule has 2 aliphatic heterocycles. The highest BCUT2D eigenvalue weighted by atomic mass is 32.2. The monoisotopic (exact) mass is 386 g/mol. The van der Waals surface area contributed by atoms with E-state index in [1.54, 1.807) is 0 Å². The van der Waals surface area contributed by atoms with E-state index >= 15 is 0 Å². The van der Waals surface area contributed by atoms with Gasteiger partial charge in [0, 0.05) is 19.6 Å². The molecule has 7 nitrogen and oxygen atoms in total. The third kappa shape index (κ3) is 4.22. The molecule has 0 spiro atoms. The summed E-state index contributed by atoms with van der Waals surface area (Å²) in [4.78, 5) is 14.0. The number of likely N-dealkylation sites (tertiary alicyclic amines) is 1. The number of esters is 1. The van der Waals surface area contributed by atoms with E-state index in [0.29, 0.717) is 6.54 Å². The van der Waals surface area contributed by atoms with Gasteiger partial charge in [-0.15, -0.1) is 0 Å². The first-order chi connectivity index (χ1) is 12.4. The van der Waals surface area contributed by atoms with Gasteiger partial charge >= 0.3 is 5.97 Å². The van der Waals surface area contributed by atoms with Crippen LogP contribution in [0.25, 0.3) is 0 Å². The van der Waals surface area contributed by atoms with E-state index in [0.717, 1.165) is 31.5 Å². The predicted octanol–water partition coefficient (Wildman–Crippen LogP) is 1.10. The van der Waals surface area contributed by atoms with E-state index in [1.807, 2.05) is 7.05 Å². The number of nitrogens with zero attached hydrogens (tertiary/aromatic N) is 2. The van der Waals surface area contributed by atoms with Crippen LogP contribution >= 0.6 is 0 Å². The van der Waals surface area contributed by atoms with Crippen LogP contribution < -0.4 is 0 Å². The number of morpholine rings is 1. The van der Waals surface area contributed by atoms with Crippen LogP contribution in [0, 0.1) is 5.82 Å². The predicted molar refractivity (Wildman–Crippen MR) is 91.9 cm³/mol. The molecule has 1 atom stereocenters. The molecule has 1 aromatic carbocycles. The number of ether oxygens (including phenoxy) is 2. The number of piperidine rings is 1. The first-order valence-electron chi connectivity index (χ1n) is 8.65. The first kappa shape index (κ1) is 19.2. The van der Waals surface area contributed by atoms with Crippen LogP contribution in [-0.2, 0) is 19.5 Å². The summed E-state index contributed by atoms with van der Waals surface area (Å²) in [5, 5.41) is 0. The zero-order valence-electron chi connectivity index (χ0n) is 14.7. The SMILES string of the molecule is CN1CCCC(OC(=O)c2ccc(F)c(S(=O)(=O)N3CCOCC3)c2)C1. The summed E-state index contributed by atoms with van der Waals surface area (Å²) >= 11 is 0. The molecule has 0 aliphatic carbocycles. The summed E-state index contributed by atoms with van der Waals surface area (Å²) in [6.45, 7) is 2.42. The molecule has 2 aliphatic rings. The fourth-order valence-electron chi connectivity index (χ4n) is 3.19. The topological polar surface area (TPSA) is 76.2 Å². The van der Waals surface area contributed by atoms with E-state index in [4.69, 9.17) is 9.47 Å². The summed E-state index contributed by atoms with van der Waals surface area (Å²) in [6.07, 6.45) is 1.44. The Morgan fingerprint density at radius 2 is 2.00 bits per heavy atom. The minimum absolute atomic E-state index is 0.0338. The molecule has 0 bridgehead atoms. The Morgan fingerprint density at radius 1 is 1.27 bits per heavy atom. The van der Waals surface area contributed by atoms with E-state index in [2.05, 4.69) is 4.90 Å². The quantitative estimate of drug-likeness (QED) is 0.722. The molecule has 9 heteroatoms. The number of sulfonamides is 1. The number of carbonyl (C=O) groups is 1. The molecule has 0 aromatic heterocycles. The number of likely N-dealkylation sites (N-methyl/N-ethyl adjacent to an activating group) is 1. The minimum atomic E-state index is -4.03. The van der Waals surface area contributed by atoms with Gasteiger partial charge in [0.05, 0.1) is 18.8 Å². The van der Waals surface area contributed by atoms with Gasteiger partial charge in [-0.05, 0) is 44.6 Å². The van der Waals surface area contributed by atoms with Crippen LogP contribution in [0.15, 0.2) is 23.1 Å². The summed E-state index contributed by atoms with van der Waals surface area (Å²) in [7, 11) is -2.08. The second kappa shape index (κ2) is 7.99. The Hall–Kier alpha value is -1.55. The number of carbonyl (C=O) groups excluding carboxylic acids is 1. The molecule has 0 saturated carbocycles. The molecule has 2 heterocycles. The number of hydrogen-bond donors (Lipinski definition) is 0. The second-order valence-corrected chi connectivity index (χ2v) is 8.50. The number of halogens is 1. The van der Waals surface area contributed by atoms with Gasteiger partial charge in [0.15, 0.2) is 0 Å². The van der Waals surface area contributed by atoms with E-state index in [-0.39, 0.29) is 38.0 Å². The van der Waals surface area contributed by atoms with Crippen LogP contribution in [0.3, 0.4) is 0 Å². The van der Waals surface area contributed by atoms with Crippen LogP contribution in [0.5, 0.6) is 0 Å². The molecule has 1 aromatic rings. The van der Waals surface area contributed by atoms with Crippen molar-refractivity contribution in [3.63, 3.8) is 0 Å². The van der Waals surface area contributed by atoms with Crippen molar-refractivity contribution >= 4 is 16.0 Å². The van der Waals surface area contributed by atoms with Gasteiger partial charge in [0.1, 0.15) is 16.8 Å². The zero-order valence-corrected chi connectivity index (χ0v) is 15.5. The molecular weight excluding hydrogens is 363 g/mol. The van der Waals surface area contributed by atoms with Gasteiger partial charge in [0.25, 0.3) is 0 Å².